The summed E-state index contributed by atoms with van der Waals surface area (Å²) in [4.78, 5) is 14.1. The Balaban J connectivity index is 2.27. The first-order valence-electron chi connectivity index (χ1n) is 6.11. The minimum atomic E-state index is -0.368. The van der Waals surface area contributed by atoms with Gasteiger partial charge in [-0.15, -0.1) is 0 Å². The van der Waals surface area contributed by atoms with E-state index in [1.165, 1.54) is 0 Å². The zero-order valence-electron chi connectivity index (χ0n) is 10.7. The van der Waals surface area contributed by atoms with E-state index in [0.29, 0.717) is 18.7 Å². The van der Waals surface area contributed by atoms with Crippen LogP contribution in [0.25, 0.3) is 0 Å². The van der Waals surface area contributed by atoms with E-state index in [-0.39, 0.29) is 11.9 Å². The quantitative estimate of drug-likeness (QED) is 0.807. The maximum Gasteiger partial charge on any atom is 0.255 e. The molecule has 1 amide bonds. The molecule has 18 heavy (non-hydrogen) atoms. The Morgan fingerprint density at radius 3 is 2.67 bits per heavy atom. The number of nitriles is 1. The fraction of sp³-hybridized carbons (Fsp3) is 0.429. The van der Waals surface area contributed by atoms with Crippen molar-refractivity contribution in [2.45, 2.75) is 19.9 Å². The molecule has 0 spiro atoms. The van der Waals surface area contributed by atoms with Crippen LogP contribution >= 0.6 is 0 Å². The Bertz CT molecular complexity index is 484. The van der Waals surface area contributed by atoms with Gasteiger partial charge in [-0.3, -0.25) is 4.79 Å². The minimum Gasteiger partial charge on any atom is -0.320 e. The van der Waals surface area contributed by atoms with E-state index < -0.39 is 0 Å². The molecule has 0 bridgehead atoms. The van der Waals surface area contributed by atoms with Crippen molar-refractivity contribution in [3.63, 3.8) is 0 Å². The van der Waals surface area contributed by atoms with Gasteiger partial charge >= 0.3 is 0 Å². The number of nitrogens with one attached hydrogen (secondary N) is 1. The first-order chi connectivity index (χ1) is 8.61. The molecule has 0 aromatic heterocycles. The molecule has 94 valence electrons. The summed E-state index contributed by atoms with van der Waals surface area (Å²) in [5.74, 6) is -0.0464. The second-order valence-electron chi connectivity index (χ2n) is 4.72. The van der Waals surface area contributed by atoms with Crippen molar-refractivity contribution in [1.82, 2.24) is 10.2 Å². The number of carbonyl (C=O) groups excluding carboxylic acids is 1. The molecule has 1 aliphatic rings. The Hall–Kier alpha value is -1.86. The van der Waals surface area contributed by atoms with Crippen molar-refractivity contribution in [2.24, 2.45) is 0 Å². The van der Waals surface area contributed by atoms with Crippen LogP contribution in [0, 0.1) is 25.2 Å². The largest absolute Gasteiger partial charge is 0.320 e. The smallest absolute Gasteiger partial charge is 0.255 e. The molecule has 2 rings (SSSR count). The van der Waals surface area contributed by atoms with Crippen molar-refractivity contribution in [2.75, 3.05) is 19.6 Å². The summed E-state index contributed by atoms with van der Waals surface area (Å²) >= 11 is 0. The third-order valence-electron chi connectivity index (χ3n) is 3.12. The molecule has 1 aliphatic heterocycles. The SMILES string of the molecule is Cc1cc(C)cc(C(=O)N2CCNCC2C#N)c1. The van der Waals surface area contributed by atoms with Crippen LogP contribution in [0.3, 0.4) is 0 Å². The van der Waals surface area contributed by atoms with Crippen LogP contribution in [-0.2, 0) is 0 Å². The fourth-order valence-corrected chi connectivity index (χ4v) is 2.33. The topological polar surface area (TPSA) is 56.1 Å². The molecule has 1 unspecified atom stereocenters. The molecular formula is C14H17N3O. The molecule has 0 radical (unpaired) electrons. The molecule has 1 atom stereocenters. The van der Waals surface area contributed by atoms with Crippen molar-refractivity contribution >= 4 is 5.91 Å². The lowest BCUT2D eigenvalue weighted by atomic mass is 10.1. The van der Waals surface area contributed by atoms with Crippen molar-refractivity contribution < 1.29 is 4.79 Å². The third kappa shape index (κ3) is 2.52. The Kier molecular flexibility index (Phi) is 3.63. The van der Waals surface area contributed by atoms with E-state index in [2.05, 4.69) is 11.4 Å². The average Bonchev–Trinajstić information content (AvgIpc) is 2.36. The highest BCUT2D eigenvalue weighted by Crippen LogP contribution is 2.14. The second kappa shape index (κ2) is 5.19. The first kappa shape index (κ1) is 12.6. The predicted octanol–water partition coefficient (Wildman–Crippen LogP) is 1.24. The van der Waals surface area contributed by atoms with E-state index in [9.17, 15) is 4.79 Å². The highest BCUT2D eigenvalue weighted by atomic mass is 16.2. The Morgan fingerprint density at radius 2 is 2.06 bits per heavy atom. The molecule has 0 aliphatic carbocycles. The standard InChI is InChI=1S/C14H17N3O/c1-10-5-11(2)7-12(6-10)14(18)17-4-3-16-9-13(17)8-15/h5-7,13,16H,3-4,9H2,1-2H3. The van der Waals surface area contributed by atoms with E-state index in [4.69, 9.17) is 5.26 Å². The monoisotopic (exact) mass is 243 g/mol. The molecule has 1 saturated heterocycles. The molecular weight excluding hydrogens is 226 g/mol. The summed E-state index contributed by atoms with van der Waals surface area (Å²) < 4.78 is 0. The van der Waals surface area contributed by atoms with E-state index in [1.54, 1.807) is 4.90 Å². The molecule has 1 heterocycles. The number of hydrogen-bond donors (Lipinski definition) is 1. The van der Waals surface area contributed by atoms with Gasteiger partial charge in [0.05, 0.1) is 6.07 Å². The van der Waals surface area contributed by atoms with Gasteiger partial charge in [0, 0.05) is 25.2 Å². The summed E-state index contributed by atoms with van der Waals surface area (Å²) in [5, 5.41) is 12.2. The van der Waals surface area contributed by atoms with Crippen LogP contribution in [0.2, 0.25) is 0 Å². The Morgan fingerprint density at radius 1 is 1.39 bits per heavy atom. The van der Waals surface area contributed by atoms with Gasteiger partial charge in [-0.25, -0.2) is 0 Å². The second-order valence-corrected chi connectivity index (χ2v) is 4.72. The average molecular weight is 243 g/mol. The van der Waals surface area contributed by atoms with Crippen LogP contribution in [0.1, 0.15) is 21.5 Å². The molecule has 1 fully saturated rings. The van der Waals surface area contributed by atoms with Gasteiger partial charge in [-0.2, -0.15) is 5.26 Å². The van der Waals surface area contributed by atoms with Crippen molar-refractivity contribution in [3.8, 4) is 6.07 Å². The van der Waals surface area contributed by atoms with Gasteiger partial charge in [0.25, 0.3) is 5.91 Å². The van der Waals surface area contributed by atoms with Crippen molar-refractivity contribution in [1.29, 1.82) is 5.26 Å². The normalized spacial score (nSPS) is 19.4. The molecule has 1 N–H and O–H groups in total. The molecule has 4 heteroatoms. The first-order valence-corrected chi connectivity index (χ1v) is 6.11. The van der Waals surface area contributed by atoms with Crippen LogP contribution in [-0.4, -0.2) is 36.5 Å². The number of benzene rings is 1. The van der Waals surface area contributed by atoms with Gasteiger partial charge in [0.1, 0.15) is 6.04 Å². The lowest BCUT2D eigenvalue weighted by Gasteiger charge is -2.32. The van der Waals surface area contributed by atoms with Gasteiger partial charge in [0.2, 0.25) is 0 Å². The lowest BCUT2D eigenvalue weighted by molar-refractivity contribution is 0.0687. The summed E-state index contributed by atoms with van der Waals surface area (Å²) in [5.41, 5.74) is 2.82. The zero-order chi connectivity index (χ0) is 13.1. The summed E-state index contributed by atoms with van der Waals surface area (Å²) in [7, 11) is 0. The summed E-state index contributed by atoms with van der Waals surface area (Å²) in [6, 6.07) is 7.61. The third-order valence-corrected chi connectivity index (χ3v) is 3.12. The predicted molar refractivity (Wildman–Crippen MR) is 69.2 cm³/mol. The number of hydrogen-bond acceptors (Lipinski definition) is 3. The molecule has 1 aromatic carbocycles. The van der Waals surface area contributed by atoms with Gasteiger partial charge in [-0.1, -0.05) is 17.2 Å². The number of rotatable bonds is 1. The van der Waals surface area contributed by atoms with Crippen molar-refractivity contribution in [3.05, 3.63) is 34.9 Å². The highest BCUT2D eigenvalue weighted by Gasteiger charge is 2.27. The summed E-state index contributed by atoms with van der Waals surface area (Å²) in [6.45, 7) is 5.83. The van der Waals surface area contributed by atoms with Gasteiger partial charge in [-0.05, 0) is 26.0 Å². The highest BCUT2D eigenvalue weighted by molar-refractivity contribution is 5.95. The maximum absolute atomic E-state index is 12.4. The van der Waals surface area contributed by atoms with Gasteiger partial charge < -0.3 is 10.2 Å². The number of amides is 1. The number of piperazine rings is 1. The Labute approximate surface area is 107 Å². The van der Waals surface area contributed by atoms with E-state index >= 15 is 0 Å². The number of aryl methyl sites for hydroxylation is 2. The molecule has 0 saturated carbocycles. The number of nitrogens with zero attached hydrogens (tertiary/aromatic N) is 2. The number of carbonyl (C=O) groups is 1. The lowest BCUT2D eigenvalue weighted by Crippen LogP contribution is -2.53. The van der Waals surface area contributed by atoms with Crippen LogP contribution in [0.5, 0.6) is 0 Å². The van der Waals surface area contributed by atoms with E-state index in [1.807, 2.05) is 32.0 Å². The van der Waals surface area contributed by atoms with Crippen LogP contribution in [0.15, 0.2) is 18.2 Å². The van der Waals surface area contributed by atoms with Crippen LogP contribution in [0.4, 0.5) is 0 Å². The zero-order valence-corrected chi connectivity index (χ0v) is 10.7. The maximum atomic E-state index is 12.4. The molecule has 4 nitrogen and oxygen atoms in total. The van der Waals surface area contributed by atoms with E-state index in [0.717, 1.165) is 17.7 Å². The molecule has 1 aromatic rings. The van der Waals surface area contributed by atoms with Crippen LogP contribution < -0.4 is 5.32 Å². The summed E-state index contributed by atoms with van der Waals surface area (Å²) in [6.07, 6.45) is 0. The minimum absolute atomic E-state index is 0.0464. The fourth-order valence-electron chi connectivity index (χ4n) is 2.33. The van der Waals surface area contributed by atoms with Gasteiger partial charge in [0.15, 0.2) is 0 Å².